The Kier molecular flexibility index (Phi) is 7.21. The molecule has 0 radical (unpaired) electrons. The van der Waals surface area contributed by atoms with Crippen LogP contribution in [-0.4, -0.2) is 18.0 Å². The Morgan fingerprint density at radius 2 is 1.46 bits per heavy atom. The molecule has 0 bridgehead atoms. The van der Waals surface area contributed by atoms with Crippen molar-refractivity contribution in [3.05, 3.63) is 71.8 Å². The highest BCUT2D eigenvalue weighted by Crippen LogP contribution is 2.13. The number of hydrogen-bond donors (Lipinski definition) is 2. The van der Waals surface area contributed by atoms with Gasteiger partial charge in [-0.3, -0.25) is 4.79 Å². The van der Waals surface area contributed by atoms with E-state index >= 15 is 0 Å². The van der Waals surface area contributed by atoms with E-state index in [1.54, 1.807) is 0 Å². The molecule has 0 heterocycles. The average Bonchev–Trinajstić information content (AvgIpc) is 2.65. The SMILES string of the molecule is CC(C)[C@H](NC(=O)OCc1ccccc1)C(=O)N[C@@H](C)c1ccccc1. The van der Waals surface area contributed by atoms with Gasteiger partial charge in [0, 0.05) is 0 Å². The Bertz CT molecular complexity index is 702. The van der Waals surface area contributed by atoms with Crippen molar-refractivity contribution in [1.82, 2.24) is 10.6 Å². The molecule has 2 N–H and O–H groups in total. The number of hydrogen-bond acceptors (Lipinski definition) is 3. The fourth-order valence-electron chi connectivity index (χ4n) is 2.55. The average molecular weight is 354 g/mol. The van der Waals surface area contributed by atoms with Gasteiger partial charge in [0.25, 0.3) is 0 Å². The molecule has 2 aromatic rings. The van der Waals surface area contributed by atoms with Crippen molar-refractivity contribution < 1.29 is 14.3 Å². The first-order valence-corrected chi connectivity index (χ1v) is 8.80. The highest BCUT2D eigenvalue weighted by Gasteiger charge is 2.26. The van der Waals surface area contributed by atoms with Gasteiger partial charge in [0.1, 0.15) is 12.6 Å². The van der Waals surface area contributed by atoms with Crippen LogP contribution in [0.1, 0.15) is 37.9 Å². The van der Waals surface area contributed by atoms with E-state index < -0.39 is 12.1 Å². The van der Waals surface area contributed by atoms with Gasteiger partial charge in [-0.05, 0) is 24.0 Å². The van der Waals surface area contributed by atoms with E-state index in [9.17, 15) is 9.59 Å². The first kappa shape index (κ1) is 19.5. The summed E-state index contributed by atoms with van der Waals surface area (Å²) >= 11 is 0. The molecule has 0 aliphatic rings. The van der Waals surface area contributed by atoms with Crippen molar-refractivity contribution in [3.8, 4) is 0 Å². The van der Waals surface area contributed by atoms with Gasteiger partial charge in [-0.15, -0.1) is 0 Å². The molecule has 2 amide bonds. The summed E-state index contributed by atoms with van der Waals surface area (Å²) in [4.78, 5) is 24.7. The summed E-state index contributed by atoms with van der Waals surface area (Å²) in [5.74, 6) is -0.296. The van der Waals surface area contributed by atoms with Gasteiger partial charge in [0.15, 0.2) is 0 Å². The summed E-state index contributed by atoms with van der Waals surface area (Å²) in [6.07, 6.45) is -0.602. The third kappa shape index (κ3) is 5.92. The predicted octanol–water partition coefficient (Wildman–Crippen LogP) is 3.81. The van der Waals surface area contributed by atoms with Crippen LogP contribution in [0.25, 0.3) is 0 Å². The maximum Gasteiger partial charge on any atom is 0.408 e. The van der Waals surface area contributed by atoms with E-state index in [1.807, 2.05) is 81.4 Å². The van der Waals surface area contributed by atoms with Crippen LogP contribution in [0.15, 0.2) is 60.7 Å². The Morgan fingerprint density at radius 1 is 0.885 bits per heavy atom. The zero-order valence-electron chi connectivity index (χ0n) is 15.4. The lowest BCUT2D eigenvalue weighted by Gasteiger charge is -2.24. The number of carbonyl (C=O) groups is 2. The van der Waals surface area contributed by atoms with Crippen LogP contribution in [0.5, 0.6) is 0 Å². The van der Waals surface area contributed by atoms with Gasteiger partial charge in [0.2, 0.25) is 5.91 Å². The maximum atomic E-state index is 12.6. The molecule has 0 saturated heterocycles. The fourth-order valence-corrected chi connectivity index (χ4v) is 2.55. The quantitative estimate of drug-likeness (QED) is 0.794. The molecular formula is C21H26N2O3. The van der Waals surface area contributed by atoms with Crippen LogP contribution in [-0.2, 0) is 16.1 Å². The summed E-state index contributed by atoms with van der Waals surface area (Å²) < 4.78 is 5.22. The predicted molar refractivity (Wildman–Crippen MR) is 101 cm³/mol. The highest BCUT2D eigenvalue weighted by molar-refractivity contribution is 5.86. The van der Waals surface area contributed by atoms with Crippen LogP contribution in [0.2, 0.25) is 0 Å². The second-order valence-electron chi connectivity index (χ2n) is 6.57. The standard InChI is InChI=1S/C21H26N2O3/c1-15(2)19(20(24)22-16(3)18-12-8-5-9-13-18)23-21(25)26-14-17-10-6-4-7-11-17/h4-13,15-16,19H,14H2,1-3H3,(H,22,24)(H,23,25)/t16-,19-/m0/s1. The lowest BCUT2D eigenvalue weighted by molar-refractivity contribution is -0.124. The molecular weight excluding hydrogens is 328 g/mol. The summed E-state index contributed by atoms with van der Waals surface area (Å²) in [6.45, 7) is 5.85. The van der Waals surface area contributed by atoms with E-state index in [1.165, 1.54) is 0 Å². The van der Waals surface area contributed by atoms with E-state index in [4.69, 9.17) is 4.74 Å². The lowest BCUT2D eigenvalue weighted by Crippen LogP contribution is -2.50. The van der Waals surface area contributed by atoms with Gasteiger partial charge < -0.3 is 15.4 Å². The number of carbonyl (C=O) groups excluding carboxylic acids is 2. The molecule has 5 nitrogen and oxygen atoms in total. The molecule has 26 heavy (non-hydrogen) atoms. The number of ether oxygens (including phenoxy) is 1. The van der Waals surface area contributed by atoms with Gasteiger partial charge in [-0.2, -0.15) is 0 Å². The van der Waals surface area contributed by atoms with E-state index in [2.05, 4.69) is 10.6 Å². The van der Waals surface area contributed by atoms with Crippen LogP contribution in [0.4, 0.5) is 4.79 Å². The van der Waals surface area contributed by atoms with Crippen LogP contribution in [0.3, 0.4) is 0 Å². The lowest BCUT2D eigenvalue weighted by atomic mass is 10.0. The number of nitrogens with one attached hydrogen (secondary N) is 2. The van der Waals surface area contributed by atoms with Crippen molar-refractivity contribution in [2.24, 2.45) is 5.92 Å². The second kappa shape index (κ2) is 9.61. The fraction of sp³-hybridized carbons (Fsp3) is 0.333. The van der Waals surface area contributed by atoms with E-state index in [0.717, 1.165) is 11.1 Å². The largest absolute Gasteiger partial charge is 0.445 e. The third-order valence-corrected chi connectivity index (χ3v) is 4.09. The molecule has 0 fully saturated rings. The van der Waals surface area contributed by atoms with Gasteiger partial charge in [0.05, 0.1) is 6.04 Å². The molecule has 0 aliphatic carbocycles. The molecule has 0 aromatic heterocycles. The summed E-state index contributed by atoms with van der Waals surface area (Å²) in [6, 6.07) is 18.3. The zero-order valence-corrected chi connectivity index (χ0v) is 15.4. The number of benzene rings is 2. The highest BCUT2D eigenvalue weighted by atomic mass is 16.5. The summed E-state index contributed by atoms with van der Waals surface area (Å²) in [5.41, 5.74) is 1.90. The summed E-state index contributed by atoms with van der Waals surface area (Å²) in [5, 5.41) is 5.62. The van der Waals surface area contributed by atoms with Gasteiger partial charge >= 0.3 is 6.09 Å². The summed E-state index contributed by atoms with van der Waals surface area (Å²) in [7, 11) is 0. The number of rotatable bonds is 7. The van der Waals surface area contributed by atoms with Gasteiger partial charge in [-0.1, -0.05) is 74.5 Å². The first-order valence-electron chi connectivity index (χ1n) is 8.80. The molecule has 2 atom stereocenters. The van der Waals surface area contributed by atoms with Crippen molar-refractivity contribution >= 4 is 12.0 Å². The van der Waals surface area contributed by atoms with E-state index in [-0.39, 0.29) is 24.5 Å². The Hall–Kier alpha value is -2.82. The van der Waals surface area contributed by atoms with E-state index in [0.29, 0.717) is 0 Å². The molecule has 2 aromatic carbocycles. The Balaban J connectivity index is 1.90. The smallest absolute Gasteiger partial charge is 0.408 e. The van der Waals surface area contributed by atoms with Crippen molar-refractivity contribution in [2.75, 3.05) is 0 Å². The zero-order chi connectivity index (χ0) is 18.9. The van der Waals surface area contributed by atoms with Crippen LogP contribution < -0.4 is 10.6 Å². The number of amides is 2. The minimum Gasteiger partial charge on any atom is -0.445 e. The van der Waals surface area contributed by atoms with Crippen molar-refractivity contribution in [2.45, 2.75) is 39.5 Å². The number of alkyl carbamates (subject to hydrolysis) is 1. The van der Waals surface area contributed by atoms with Crippen LogP contribution >= 0.6 is 0 Å². The minimum atomic E-state index is -0.663. The molecule has 2 rings (SSSR count). The first-order chi connectivity index (χ1) is 12.5. The maximum absolute atomic E-state index is 12.6. The molecule has 0 unspecified atom stereocenters. The molecule has 5 heteroatoms. The second-order valence-corrected chi connectivity index (χ2v) is 6.57. The Labute approximate surface area is 154 Å². The monoisotopic (exact) mass is 354 g/mol. The topological polar surface area (TPSA) is 67.4 Å². The van der Waals surface area contributed by atoms with Crippen LogP contribution in [0, 0.1) is 5.92 Å². The van der Waals surface area contributed by atoms with Crippen molar-refractivity contribution in [1.29, 1.82) is 0 Å². The Morgan fingerprint density at radius 3 is 2.04 bits per heavy atom. The molecule has 0 spiro atoms. The minimum absolute atomic E-state index is 0.0674. The molecule has 0 aliphatic heterocycles. The molecule has 0 saturated carbocycles. The van der Waals surface area contributed by atoms with Gasteiger partial charge in [-0.25, -0.2) is 4.79 Å². The van der Waals surface area contributed by atoms with Crippen molar-refractivity contribution in [3.63, 3.8) is 0 Å². The normalized spacial score (nSPS) is 12.9. The third-order valence-electron chi connectivity index (χ3n) is 4.09. The molecule has 138 valence electrons.